The minimum atomic E-state index is 0.581. The summed E-state index contributed by atoms with van der Waals surface area (Å²) in [5.41, 5.74) is 3.88. The van der Waals surface area contributed by atoms with Gasteiger partial charge in [-0.25, -0.2) is 0 Å². The maximum absolute atomic E-state index is 5.74. The normalized spacial score (nSPS) is 21.3. The van der Waals surface area contributed by atoms with Crippen molar-refractivity contribution >= 4 is 5.57 Å². The molecule has 0 aromatic heterocycles. The second kappa shape index (κ2) is 6.73. The summed E-state index contributed by atoms with van der Waals surface area (Å²) in [6.45, 7) is 6.02. The van der Waals surface area contributed by atoms with Crippen LogP contribution in [0.2, 0.25) is 0 Å². The predicted molar refractivity (Wildman–Crippen MR) is 88.0 cm³/mol. The third kappa shape index (κ3) is 3.62. The Morgan fingerprint density at radius 2 is 1.52 bits per heavy atom. The van der Waals surface area contributed by atoms with E-state index in [4.69, 9.17) is 4.74 Å². The molecular weight excluding hydrogens is 256 g/mol. The van der Waals surface area contributed by atoms with E-state index >= 15 is 0 Å². The summed E-state index contributed by atoms with van der Waals surface area (Å²) in [6.07, 6.45) is 2.13. The molecule has 1 aliphatic heterocycles. The first-order valence-corrected chi connectivity index (χ1v) is 7.68. The van der Waals surface area contributed by atoms with Gasteiger partial charge in [0, 0.05) is 0 Å². The van der Waals surface area contributed by atoms with Crippen molar-refractivity contribution in [3.63, 3.8) is 0 Å². The molecular formula is C20H22O. The first-order valence-electron chi connectivity index (χ1n) is 7.68. The van der Waals surface area contributed by atoms with Crippen LogP contribution in [0.4, 0.5) is 0 Å². The van der Waals surface area contributed by atoms with E-state index in [-0.39, 0.29) is 0 Å². The van der Waals surface area contributed by atoms with Crippen molar-refractivity contribution in [1.29, 1.82) is 0 Å². The van der Waals surface area contributed by atoms with Crippen molar-refractivity contribution in [2.75, 3.05) is 13.2 Å². The summed E-state index contributed by atoms with van der Waals surface area (Å²) >= 11 is 0. The Kier molecular flexibility index (Phi) is 4.52. The Balaban J connectivity index is 1.63. The molecule has 108 valence electrons. The van der Waals surface area contributed by atoms with Crippen LogP contribution in [0.3, 0.4) is 0 Å². The molecule has 1 aliphatic rings. The molecule has 1 heteroatoms. The fourth-order valence-electron chi connectivity index (χ4n) is 3.12. The van der Waals surface area contributed by atoms with Crippen LogP contribution in [0.15, 0.2) is 67.2 Å². The van der Waals surface area contributed by atoms with Crippen molar-refractivity contribution in [3.8, 4) is 0 Å². The first-order chi connectivity index (χ1) is 10.3. The zero-order chi connectivity index (χ0) is 14.5. The van der Waals surface area contributed by atoms with E-state index in [1.54, 1.807) is 0 Å². The van der Waals surface area contributed by atoms with Crippen molar-refractivity contribution in [3.05, 3.63) is 78.4 Å². The molecule has 1 fully saturated rings. The third-order valence-electron chi connectivity index (χ3n) is 4.36. The standard InChI is InChI=1S/C20H22O/c1-16(18-10-6-3-7-11-18)12-19-14-21-15-20(19)13-17-8-4-2-5-9-17/h2-11,19-20H,1,12-15H2. The Morgan fingerprint density at radius 1 is 0.905 bits per heavy atom. The maximum Gasteiger partial charge on any atom is 0.0501 e. The average Bonchev–Trinajstić information content (AvgIpc) is 2.96. The minimum Gasteiger partial charge on any atom is -0.381 e. The van der Waals surface area contributed by atoms with Gasteiger partial charge in [0.25, 0.3) is 0 Å². The number of rotatable bonds is 5. The largest absolute Gasteiger partial charge is 0.381 e. The first kappa shape index (κ1) is 14.1. The summed E-state index contributed by atoms with van der Waals surface area (Å²) in [5.74, 6) is 1.19. The van der Waals surface area contributed by atoms with Gasteiger partial charge in [-0.05, 0) is 41.4 Å². The molecule has 0 bridgehead atoms. The van der Waals surface area contributed by atoms with Crippen LogP contribution in [0.5, 0.6) is 0 Å². The molecule has 1 nitrogen and oxygen atoms in total. The van der Waals surface area contributed by atoms with E-state index in [2.05, 4.69) is 61.2 Å². The Labute approximate surface area is 127 Å². The van der Waals surface area contributed by atoms with Gasteiger partial charge in [-0.1, -0.05) is 67.2 Å². The van der Waals surface area contributed by atoms with E-state index in [1.165, 1.54) is 16.7 Å². The van der Waals surface area contributed by atoms with Crippen LogP contribution in [-0.2, 0) is 11.2 Å². The molecule has 3 rings (SSSR count). The van der Waals surface area contributed by atoms with Gasteiger partial charge < -0.3 is 4.74 Å². The van der Waals surface area contributed by atoms with Gasteiger partial charge in [0.05, 0.1) is 13.2 Å². The van der Waals surface area contributed by atoms with E-state index in [9.17, 15) is 0 Å². The Hall–Kier alpha value is -1.86. The Morgan fingerprint density at radius 3 is 2.24 bits per heavy atom. The highest BCUT2D eigenvalue weighted by molar-refractivity contribution is 5.63. The summed E-state index contributed by atoms with van der Waals surface area (Å²) < 4.78 is 5.74. The summed E-state index contributed by atoms with van der Waals surface area (Å²) in [6, 6.07) is 21.2. The van der Waals surface area contributed by atoms with Gasteiger partial charge in [0.1, 0.15) is 0 Å². The average molecular weight is 278 g/mol. The quantitative estimate of drug-likeness (QED) is 0.777. The highest BCUT2D eigenvalue weighted by Gasteiger charge is 2.28. The lowest BCUT2D eigenvalue weighted by atomic mass is 9.84. The fraction of sp³-hybridized carbons (Fsp3) is 0.300. The van der Waals surface area contributed by atoms with Crippen LogP contribution in [-0.4, -0.2) is 13.2 Å². The molecule has 1 heterocycles. The topological polar surface area (TPSA) is 9.23 Å². The van der Waals surface area contributed by atoms with Crippen LogP contribution < -0.4 is 0 Å². The van der Waals surface area contributed by atoms with Crippen molar-refractivity contribution in [1.82, 2.24) is 0 Å². The summed E-state index contributed by atoms with van der Waals surface area (Å²) in [7, 11) is 0. The molecule has 2 unspecified atom stereocenters. The molecule has 2 aromatic rings. The SMILES string of the molecule is C=C(CC1COCC1Cc1ccccc1)c1ccccc1. The molecule has 1 saturated heterocycles. The van der Waals surface area contributed by atoms with Gasteiger partial charge in [-0.15, -0.1) is 0 Å². The van der Waals surface area contributed by atoms with Gasteiger partial charge >= 0.3 is 0 Å². The highest BCUT2D eigenvalue weighted by atomic mass is 16.5. The lowest BCUT2D eigenvalue weighted by Gasteiger charge is -2.19. The number of allylic oxidation sites excluding steroid dienone is 1. The van der Waals surface area contributed by atoms with Gasteiger partial charge in [0.2, 0.25) is 0 Å². The van der Waals surface area contributed by atoms with Crippen molar-refractivity contribution < 1.29 is 4.74 Å². The third-order valence-corrected chi connectivity index (χ3v) is 4.36. The number of benzene rings is 2. The lowest BCUT2D eigenvalue weighted by molar-refractivity contribution is 0.180. The monoisotopic (exact) mass is 278 g/mol. The van der Waals surface area contributed by atoms with E-state index < -0.39 is 0 Å². The zero-order valence-electron chi connectivity index (χ0n) is 12.4. The second-order valence-corrected chi connectivity index (χ2v) is 5.92. The van der Waals surface area contributed by atoms with E-state index in [0.717, 1.165) is 26.1 Å². The molecule has 2 atom stereocenters. The van der Waals surface area contributed by atoms with Gasteiger partial charge in [0.15, 0.2) is 0 Å². The smallest absolute Gasteiger partial charge is 0.0501 e. The fourth-order valence-corrected chi connectivity index (χ4v) is 3.12. The molecule has 0 saturated carbocycles. The molecule has 0 amide bonds. The molecule has 0 radical (unpaired) electrons. The number of hydrogen-bond donors (Lipinski definition) is 0. The minimum absolute atomic E-state index is 0.581. The zero-order valence-corrected chi connectivity index (χ0v) is 12.4. The van der Waals surface area contributed by atoms with Crippen molar-refractivity contribution in [2.24, 2.45) is 11.8 Å². The Bertz CT molecular complexity index is 573. The van der Waals surface area contributed by atoms with Gasteiger partial charge in [-0.2, -0.15) is 0 Å². The lowest BCUT2D eigenvalue weighted by Crippen LogP contribution is -2.15. The van der Waals surface area contributed by atoms with E-state index in [0.29, 0.717) is 11.8 Å². The molecule has 0 N–H and O–H groups in total. The summed E-state index contributed by atoms with van der Waals surface area (Å²) in [4.78, 5) is 0. The predicted octanol–water partition coefficient (Wildman–Crippen LogP) is 4.60. The molecule has 2 aromatic carbocycles. The van der Waals surface area contributed by atoms with Crippen molar-refractivity contribution in [2.45, 2.75) is 12.8 Å². The molecule has 21 heavy (non-hydrogen) atoms. The van der Waals surface area contributed by atoms with Crippen LogP contribution in [0.25, 0.3) is 5.57 Å². The molecule has 0 aliphatic carbocycles. The molecule has 0 spiro atoms. The number of ether oxygens (including phenoxy) is 1. The second-order valence-electron chi connectivity index (χ2n) is 5.92. The van der Waals surface area contributed by atoms with Crippen LogP contribution in [0, 0.1) is 11.8 Å². The maximum atomic E-state index is 5.74. The van der Waals surface area contributed by atoms with Gasteiger partial charge in [-0.3, -0.25) is 0 Å². The van der Waals surface area contributed by atoms with Crippen LogP contribution in [0.1, 0.15) is 17.5 Å². The summed E-state index contributed by atoms with van der Waals surface area (Å²) in [5, 5.41) is 0. The highest BCUT2D eigenvalue weighted by Crippen LogP contribution is 2.32. The van der Waals surface area contributed by atoms with E-state index in [1.807, 2.05) is 6.07 Å². The van der Waals surface area contributed by atoms with Crippen LogP contribution >= 0.6 is 0 Å². The number of hydrogen-bond acceptors (Lipinski definition) is 1.